The van der Waals surface area contributed by atoms with Gasteiger partial charge in [-0.1, -0.05) is 11.6 Å². The number of fused-ring (bicyclic) bond motifs is 3. The maximum Gasteiger partial charge on any atom is 0.211 e. The molecular weight excluding hydrogens is 262 g/mol. The SMILES string of the molecule is NC(N)=N/N=C1/CCCc2[nH]c3ccc(Cl)cc3c21. The van der Waals surface area contributed by atoms with Crippen LogP contribution in [0.4, 0.5) is 0 Å². The summed E-state index contributed by atoms with van der Waals surface area (Å²) in [7, 11) is 0. The van der Waals surface area contributed by atoms with Gasteiger partial charge in [0.1, 0.15) is 0 Å². The molecule has 0 bridgehead atoms. The molecule has 19 heavy (non-hydrogen) atoms. The molecule has 3 rings (SSSR count). The summed E-state index contributed by atoms with van der Waals surface area (Å²) in [4.78, 5) is 3.41. The van der Waals surface area contributed by atoms with E-state index in [-0.39, 0.29) is 5.96 Å². The Hall–Kier alpha value is -2.01. The molecule has 1 heterocycles. The molecule has 5 nitrogen and oxygen atoms in total. The van der Waals surface area contributed by atoms with Gasteiger partial charge in [-0.2, -0.15) is 5.10 Å². The third-order valence-corrected chi connectivity index (χ3v) is 3.49. The smallest absolute Gasteiger partial charge is 0.211 e. The molecule has 6 heteroatoms. The molecule has 1 aromatic heterocycles. The molecule has 0 radical (unpaired) electrons. The first-order valence-corrected chi connectivity index (χ1v) is 6.49. The number of benzene rings is 1. The Balaban J connectivity index is 2.22. The third kappa shape index (κ3) is 2.17. The van der Waals surface area contributed by atoms with Crippen molar-refractivity contribution in [1.82, 2.24) is 4.98 Å². The topological polar surface area (TPSA) is 92.6 Å². The molecule has 0 atom stereocenters. The minimum absolute atomic E-state index is 0.0301. The lowest BCUT2D eigenvalue weighted by atomic mass is 9.94. The summed E-state index contributed by atoms with van der Waals surface area (Å²) in [5, 5.41) is 9.72. The van der Waals surface area contributed by atoms with Crippen LogP contribution in [-0.4, -0.2) is 16.7 Å². The average Bonchev–Trinajstić information content (AvgIpc) is 2.74. The number of hydrogen-bond acceptors (Lipinski definition) is 2. The van der Waals surface area contributed by atoms with Crippen LogP contribution in [-0.2, 0) is 6.42 Å². The Labute approximate surface area is 115 Å². The average molecular weight is 276 g/mol. The van der Waals surface area contributed by atoms with Gasteiger partial charge in [-0.15, -0.1) is 5.10 Å². The molecule has 0 aliphatic heterocycles. The van der Waals surface area contributed by atoms with Crippen molar-refractivity contribution in [3.8, 4) is 0 Å². The molecule has 1 aromatic carbocycles. The van der Waals surface area contributed by atoms with Gasteiger partial charge in [0.25, 0.3) is 0 Å². The zero-order valence-corrected chi connectivity index (χ0v) is 11.0. The lowest BCUT2D eigenvalue weighted by molar-refractivity contribution is 0.818. The van der Waals surface area contributed by atoms with E-state index in [0.29, 0.717) is 5.02 Å². The van der Waals surface area contributed by atoms with Crippen LogP contribution in [0.5, 0.6) is 0 Å². The van der Waals surface area contributed by atoms with E-state index in [1.165, 1.54) is 5.69 Å². The first-order valence-electron chi connectivity index (χ1n) is 6.11. The van der Waals surface area contributed by atoms with Gasteiger partial charge < -0.3 is 16.5 Å². The summed E-state index contributed by atoms with van der Waals surface area (Å²) in [6, 6.07) is 5.80. The van der Waals surface area contributed by atoms with Gasteiger partial charge in [-0.3, -0.25) is 0 Å². The first kappa shape index (κ1) is 12.0. The van der Waals surface area contributed by atoms with Gasteiger partial charge in [0, 0.05) is 27.2 Å². The number of nitrogens with zero attached hydrogens (tertiary/aromatic N) is 2. The Kier molecular flexibility index (Phi) is 2.91. The van der Waals surface area contributed by atoms with Crippen LogP contribution in [0.15, 0.2) is 28.4 Å². The highest BCUT2D eigenvalue weighted by Crippen LogP contribution is 2.31. The van der Waals surface area contributed by atoms with E-state index >= 15 is 0 Å². The van der Waals surface area contributed by atoms with Gasteiger partial charge in [-0.05, 0) is 37.5 Å². The summed E-state index contributed by atoms with van der Waals surface area (Å²) in [6.45, 7) is 0. The molecule has 0 amide bonds. The molecule has 0 fully saturated rings. The predicted octanol–water partition coefficient (Wildman–Crippen LogP) is 2.14. The number of guanidine groups is 1. The van der Waals surface area contributed by atoms with E-state index in [4.69, 9.17) is 23.1 Å². The fourth-order valence-corrected chi connectivity index (χ4v) is 2.68. The number of hydrogen-bond donors (Lipinski definition) is 3. The second kappa shape index (κ2) is 4.59. The van der Waals surface area contributed by atoms with Gasteiger partial charge in [0.15, 0.2) is 0 Å². The summed E-state index contributed by atoms with van der Waals surface area (Å²) >= 11 is 6.07. The van der Waals surface area contributed by atoms with Crippen molar-refractivity contribution in [1.29, 1.82) is 0 Å². The van der Waals surface area contributed by atoms with Crippen molar-refractivity contribution in [2.45, 2.75) is 19.3 Å². The first-order chi connectivity index (χ1) is 9.15. The highest BCUT2D eigenvalue weighted by molar-refractivity contribution is 6.31. The number of aromatic nitrogens is 1. The number of H-pyrrole nitrogens is 1. The van der Waals surface area contributed by atoms with Crippen molar-refractivity contribution in [2.75, 3.05) is 0 Å². The molecule has 1 aliphatic carbocycles. The number of aryl methyl sites for hydroxylation is 1. The highest BCUT2D eigenvalue weighted by Gasteiger charge is 2.21. The normalized spacial score (nSPS) is 16.6. The molecule has 98 valence electrons. The van der Waals surface area contributed by atoms with Gasteiger partial charge in [0.2, 0.25) is 5.96 Å². The van der Waals surface area contributed by atoms with E-state index in [1.807, 2.05) is 18.2 Å². The molecule has 2 aromatic rings. The second-order valence-corrected chi connectivity index (χ2v) is 5.03. The van der Waals surface area contributed by atoms with Crippen LogP contribution in [0.3, 0.4) is 0 Å². The number of rotatable bonds is 1. The molecule has 1 aliphatic rings. The van der Waals surface area contributed by atoms with Crippen LogP contribution >= 0.6 is 11.6 Å². The van der Waals surface area contributed by atoms with Crippen molar-refractivity contribution in [3.05, 3.63) is 34.5 Å². The van der Waals surface area contributed by atoms with E-state index < -0.39 is 0 Å². The molecule has 0 saturated heterocycles. The molecular formula is C13H14ClN5. The maximum absolute atomic E-state index is 6.07. The molecule has 0 unspecified atom stereocenters. The summed E-state index contributed by atoms with van der Waals surface area (Å²) < 4.78 is 0. The van der Waals surface area contributed by atoms with Crippen molar-refractivity contribution < 1.29 is 0 Å². The van der Waals surface area contributed by atoms with Gasteiger partial charge in [0.05, 0.1) is 5.71 Å². The minimum Gasteiger partial charge on any atom is -0.369 e. The Morgan fingerprint density at radius 2 is 2.11 bits per heavy atom. The van der Waals surface area contributed by atoms with Crippen molar-refractivity contribution >= 4 is 34.2 Å². The molecule has 0 saturated carbocycles. The summed E-state index contributed by atoms with van der Waals surface area (Å²) in [5.41, 5.74) is 14.9. The van der Waals surface area contributed by atoms with Crippen LogP contribution in [0, 0.1) is 0 Å². The predicted molar refractivity (Wildman–Crippen MR) is 78.6 cm³/mol. The second-order valence-electron chi connectivity index (χ2n) is 4.59. The molecule has 0 spiro atoms. The fraction of sp³-hybridized carbons (Fsp3) is 0.231. The van der Waals surface area contributed by atoms with E-state index in [2.05, 4.69) is 15.2 Å². The summed E-state index contributed by atoms with van der Waals surface area (Å²) in [6.07, 6.45) is 2.90. The van der Waals surface area contributed by atoms with Crippen LogP contribution in [0.2, 0.25) is 5.02 Å². The van der Waals surface area contributed by atoms with Crippen molar-refractivity contribution in [3.63, 3.8) is 0 Å². The van der Waals surface area contributed by atoms with E-state index in [0.717, 1.165) is 41.4 Å². The number of aromatic amines is 1. The minimum atomic E-state index is -0.0301. The standard InChI is InChI=1S/C13H14ClN5/c14-7-4-5-9-8(6-7)12-10(17-9)2-1-3-11(12)18-19-13(15)16/h4-6,17H,1-3H2,(H4,15,16,19)/b18-11-. The highest BCUT2D eigenvalue weighted by atomic mass is 35.5. The van der Waals surface area contributed by atoms with Crippen LogP contribution in [0.1, 0.15) is 24.1 Å². The lowest BCUT2D eigenvalue weighted by Gasteiger charge is -2.13. The zero-order chi connectivity index (χ0) is 13.4. The van der Waals surface area contributed by atoms with Gasteiger partial charge >= 0.3 is 0 Å². The number of nitrogens with two attached hydrogens (primary N) is 2. The fourth-order valence-electron chi connectivity index (χ4n) is 2.51. The monoisotopic (exact) mass is 275 g/mol. The Morgan fingerprint density at radius 1 is 1.26 bits per heavy atom. The number of nitrogens with one attached hydrogen (secondary N) is 1. The van der Waals surface area contributed by atoms with E-state index in [1.54, 1.807) is 0 Å². The number of halogens is 1. The Morgan fingerprint density at radius 3 is 2.89 bits per heavy atom. The Bertz CT molecular complexity index is 694. The third-order valence-electron chi connectivity index (χ3n) is 3.25. The quantitative estimate of drug-likeness (QED) is 0.422. The van der Waals surface area contributed by atoms with E-state index in [9.17, 15) is 0 Å². The molecule has 5 N–H and O–H groups in total. The van der Waals surface area contributed by atoms with Crippen LogP contribution < -0.4 is 11.5 Å². The van der Waals surface area contributed by atoms with Gasteiger partial charge in [-0.25, -0.2) is 0 Å². The zero-order valence-electron chi connectivity index (χ0n) is 10.3. The van der Waals surface area contributed by atoms with Crippen molar-refractivity contribution in [2.24, 2.45) is 21.7 Å². The lowest BCUT2D eigenvalue weighted by Crippen LogP contribution is -2.22. The summed E-state index contributed by atoms with van der Waals surface area (Å²) in [5.74, 6) is -0.0301. The maximum atomic E-state index is 6.07. The van der Waals surface area contributed by atoms with Crippen LogP contribution in [0.25, 0.3) is 10.9 Å². The largest absolute Gasteiger partial charge is 0.369 e.